The summed E-state index contributed by atoms with van der Waals surface area (Å²) in [4.78, 5) is 2.27. The standard InChI is InChI=1S/2C11H12N2O2.Cu/c2*1-2-10-8-11(13(15)12(10)14)9-6-4-3-5-7-9;/h2*3-8,14H,2H2,1H3;. The van der Waals surface area contributed by atoms with Crippen LogP contribution in [0.4, 0.5) is 0 Å². The Morgan fingerprint density at radius 1 is 0.677 bits per heavy atom. The second-order valence-corrected chi connectivity index (χ2v) is 6.61. The van der Waals surface area contributed by atoms with Gasteiger partial charge >= 0.3 is 0 Å². The summed E-state index contributed by atoms with van der Waals surface area (Å²) >= 11 is 0. The summed E-state index contributed by atoms with van der Waals surface area (Å²) < 4.78 is 0. The molecule has 167 valence electrons. The van der Waals surface area contributed by atoms with Crippen molar-refractivity contribution in [1.82, 2.24) is 9.69 Å². The van der Waals surface area contributed by atoms with Crippen molar-refractivity contribution in [3.8, 4) is 22.5 Å². The van der Waals surface area contributed by atoms with Crippen molar-refractivity contribution in [2.24, 2.45) is 0 Å². The Hall–Kier alpha value is -3.42. The number of rotatable bonds is 4. The summed E-state index contributed by atoms with van der Waals surface area (Å²) in [5, 5.41) is 42.1. The van der Waals surface area contributed by atoms with Crippen molar-refractivity contribution in [2.75, 3.05) is 0 Å². The van der Waals surface area contributed by atoms with E-state index in [9.17, 15) is 20.8 Å². The fraction of sp³-hybridized carbons (Fsp3) is 0.182. The Labute approximate surface area is 190 Å². The molecule has 0 saturated heterocycles. The average molecular weight is 472 g/mol. The SMILES string of the molecule is CCc1cc(-c2ccccc2)[n+]([O-])n1O.CCc1cc(-c2ccccc2)[n+]([O-])n1O.[Cu]. The van der Waals surface area contributed by atoms with Crippen LogP contribution >= 0.6 is 0 Å². The maximum atomic E-state index is 11.6. The Kier molecular flexibility index (Phi) is 8.13. The van der Waals surface area contributed by atoms with Crippen molar-refractivity contribution in [2.45, 2.75) is 26.7 Å². The zero-order valence-electron chi connectivity index (χ0n) is 17.1. The molecule has 0 aliphatic heterocycles. The molecule has 0 atom stereocenters. The summed E-state index contributed by atoms with van der Waals surface area (Å²) in [6.07, 6.45) is 1.23. The van der Waals surface area contributed by atoms with E-state index in [1.165, 1.54) is 0 Å². The van der Waals surface area contributed by atoms with E-state index < -0.39 is 0 Å². The average Bonchev–Trinajstić information content (AvgIpc) is 3.25. The van der Waals surface area contributed by atoms with Crippen LogP contribution in [-0.4, -0.2) is 20.1 Å². The van der Waals surface area contributed by atoms with E-state index in [4.69, 9.17) is 0 Å². The summed E-state index contributed by atoms with van der Waals surface area (Å²) in [5.74, 6) is 0. The number of aromatic nitrogens is 4. The third kappa shape index (κ3) is 5.02. The number of aryl methyl sites for hydroxylation is 2. The Bertz CT molecular complexity index is 1020. The van der Waals surface area contributed by atoms with Gasteiger partial charge in [0.25, 0.3) is 11.4 Å². The predicted octanol–water partition coefficient (Wildman–Crippen LogP) is 3.17. The maximum absolute atomic E-state index is 11.6. The van der Waals surface area contributed by atoms with E-state index in [1.54, 1.807) is 12.1 Å². The molecule has 2 aromatic heterocycles. The van der Waals surface area contributed by atoms with Crippen molar-refractivity contribution in [3.05, 3.63) is 94.6 Å². The molecular formula is C22H24CuN4O4. The van der Waals surface area contributed by atoms with Crippen LogP contribution in [0.25, 0.3) is 22.5 Å². The van der Waals surface area contributed by atoms with Crippen LogP contribution < -0.4 is 9.69 Å². The number of hydrogen-bond donors (Lipinski definition) is 2. The first-order valence-electron chi connectivity index (χ1n) is 9.66. The summed E-state index contributed by atoms with van der Waals surface area (Å²) in [6.45, 7) is 3.77. The molecular weight excluding hydrogens is 448 g/mol. The number of hydrogen-bond acceptors (Lipinski definition) is 4. The molecule has 0 amide bonds. The summed E-state index contributed by atoms with van der Waals surface area (Å²) in [7, 11) is 0. The minimum Gasteiger partial charge on any atom is -0.593 e. The van der Waals surface area contributed by atoms with E-state index in [1.807, 2.05) is 74.5 Å². The van der Waals surface area contributed by atoms with Gasteiger partial charge in [0.2, 0.25) is 0 Å². The molecule has 0 aliphatic rings. The summed E-state index contributed by atoms with van der Waals surface area (Å²) in [6, 6.07) is 21.9. The van der Waals surface area contributed by atoms with Crippen molar-refractivity contribution < 1.29 is 37.2 Å². The zero-order chi connectivity index (χ0) is 21.7. The van der Waals surface area contributed by atoms with Gasteiger partial charge in [0.05, 0.1) is 11.1 Å². The largest absolute Gasteiger partial charge is 0.593 e. The van der Waals surface area contributed by atoms with Crippen LogP contribution in [0.2, 0.25) is 0 Å². The van der Waals surface area contributed by atoms with Gasteiger partial charge in [-0.3, -0.25) is 0 Å². The molecule has 31 heavy (non-hydrogen) atoms. The summed E-state index contributed by atoms with van der Waals surface area (Å²) in [5.41, 5.74) is 3.74. The van der Waals surface area contributed by atoms with Crippen molar-refractivity contribution in [1.29, 1.82) is 0 Å². The normalized spacial score (nSPS) is 10.1. The maximum Gasteiger partial charge on any atom is 0.255 e. The van der Waals surface area contributed by atoms with E-state index in [0.717, 1.165) is 11.1 Å². The van der Waals surface area contributed by atoms with Crippen LogP contribution in [0.3, 0.4) is 0 Å². The van der Waals surface area contributed by atoms with Crippen molar-refractivity contribution >= 4 is 0 Å². The molecule has 0 aliphatic carbocycles. The first-order valence-corrected chi connectivity index (χ1v) is 9.66. The third-order valence-corrected chi connectivity index (χ3v) is 4.74. The quantitative estimate of drug-likeness (QED) is 0.206. The van der Waals surface area contributed by atoms with E-state index in [2.05, 4.69) is 0 Å². The van der Waals surface area contributed by atoms with Gasteiger partial charge in [-0.25, -0.2) is 0 Å². The molecule has 9 heteroatoms. The van der Waals surface area contributed by atoms with Crippen LogP contribution in [0, 0.1) is 10.4 Å². The smallest absolute Gasteiger partial charge is 0.255 e. The number of nitrogens with zero attached hydrogens (tertiary/aromatic N) is 4. The zero-order valence-corrected chi connectivity index (χ0v) is 18.1. The fourth-order valence-corrected chi connectivity index (χ4v) is 3.07. The molecule has 2 N–H and O–H groups in total. The topological polar surface area (TPSA) is 104 Å². The first-order chi connectivity index (χ1) is 14.5. The fourth-order valence-electron chi connectivity index (χ4n) is 3.07. The second kappa shape index (κ2) is 10.6. The minimum absolute atomic E-state index is 0. The molecule has 0 saturated carbocycles. The van der Waals surface area contributed by atoms with Gasteiger partial charge in [-0.2, -0.15) is 0 Å². The van der Waals surface area contributed by atoms with Gasteiger partial charge < -0.3 is 20.8 Å². The van der Waals surface area contributed by atoms with E-state index in [0.29, 0.717) is 55.0 Å². The van der Waals surface area contributed by atoms with Gasteiger partial charge in [-0.05, 0) is 46.8 Å². The molecule has 0 fully saturated rings. The molecule has 0 bridgehead atoms. The van der Waals surface area contributed by atoms with Gasteiger partial charge in [-0.15, -0.1) is 0 Å². The molecule has 2 aromatic carbocycles. The molecule has 0 unspecified atom stereocenters. The van der Waals surface area contributed by atoms with Gasteiger partial charge in [0.1, 0.15) is 11.4 Å². The van der Waals surface area contributed by atoms with Crippen molar-refractivity contribution in [3.63, 3.8) is 0 Å². The van der Waals surface area contributed by atoms with Gasteiger partial charge in [-0.1, -0.05) is 50.2 Å². The molecule has 2 heterocycles. The minimum atomic E-state index is 0. The van der Waals surface area contributed by atoms with Gasteiger partial charge in [0.15, 0.2) is 0 Å². The molecule has 4 rings (SSSR count). The monoisotopic (exact) mass is 471 g/mol. The van der Waals surface area contributed by atoms with Crippen LogP contribution in [0.1, 0.15) is 25.2 Å². The Balaban J connectivity index is 0.000000213. The van der Waals surface area contributed by atoms with Crippen LogP contribution in [0.15, 0.2) is 72.8 Å². The van der Waals surface area contributed by atoms with Gasteiger partial charge in [0, 0.05) is 38.9 Å². The Morgan fingerprint density at radius 3 is 1.26 bits per heavy atom. The molecule has 8 nitrogen and oxygen atoms in total. The molecule has 4 aromatic rings. The molecule has 1 radical (unpaired) electrons. The second-order valence-electron chi connectivity index (χ2n) is 6.61. The van der Waals surface area contributed by atoms with E-state index in [-0.39, 0.29) is 17.1 Å². The predicted molar refractivity (Wildman–Crippen MR) is 111 cm³/mol. The molecule has 0 spiro atoms. The van der Waals surface area contributed by atoms with E-state index >= 15 is 0 Å². The first kappa shape index (κ1) is 23.9. The van der Waals surface area contributed by atoms with Crippen LogP contribution in [0.5, 0.6) is 0 Å². The number of benzene rings is 2. The Morgan fingerprint density at radius 2 is 1.00 bits per heavy atom. The third-order valence-electron chi connectivity index (χ3n) is 4.74. The van der Waals surface area contributed by atoms with Crippen LogP contribution in [-0.2, 0) is 29.9 Å².